The van der Waals surface area contributed by atoms with E-state index in [0.717, 1.165) is 5.56 Å². The summed E-state index contributed by atoms with van der Waals surface area (Å²) in [6.07, 6.45) is -5.41. The lowest BCUT2D eigenvalue weighted by molar-refractivity contribution is -0.147. The Hall–Kier alpha value is -3.16. The van der Waals surface area contributed by atoms with Gasteiger partial charge in [-0.15, -0.1) is 0 Å². The Morgan fingerprint density at radius 3 is 2.14 bits per heavy atom. The Morgan fingerprint density at radius 1 is 1.03 bits per heavy atom. The minimum atomic E-state index is -6.16. The highest BCUT2D eigenvalue weighted by molar-refractivity contribution is 7.87. The summed E-state index contributed by atoms with van der Waals surface area (Å²) >= 11 is 0. The van der Waals surface area contributed by atoms with Gasteiger partial charge in [-0.3, -0.25) is 0 Å². The molecule has 0 unspecified atom stereocenters. The second kappa shape index (κ2) is 11.5. The molecule has 0 aliphatic carbocycles. The summed E-state index contributed by atoms with van der Waals surface area (Å²) in [6, 6.07) is 16.0. The molecule has 0 aromatic heterocycles. The van der Waals surface area contributed by atoms with Gasteiger partial charge >= 0.3 is 21.6 Å². The van der Waals surface area contributed by atoms with Gasteiger partial charge in [0.15, 0.2) is 0 Å². The number of cyclic esters (lactones) is 1. The minimum absolute atomic E-state index is 0.0941. The lowest BCUT2D eigenvalue weighted by Gasteiger charge is -2.25. The topological polar surface area (TPSA) is 137 Å². The van der Waals surface area contributed by atoms with Gasteiger partial charge in [-0.1, -0.05) is 65.8 Å². The monoisotopic (exact) mass is 515 g/mol. The van der Waals surface area contributed by atoms with E-state index in [1.807, 2.05) is 0 Å². The third-order valence-electron chi connectivity index (χ3n) is 4.89. The second-order valence-corrected chi connectivity index (χ2v) is 8.92. The summed E-state index contributed by atoms with van der Waals surface area (Å²) in [6.45, 7) is -0.434. The van der Waals surface area contributed by atoms with Crippen molar-refractivity contribution in [2.75, 3.05) is 6.61 Å². The van der Waals surface area contributed by atoms with Gasteiger partial charge < -0.3 is 14.2 Å². The van der Waals surface area contributed by atoms with E-state index in [0.29, 0.717) is 5.56 Å². The highest BCUT2D eigenvalue weighted by Gasteiger charge is 2.56. The van der Waals surface area contributed by atoms with Crippen molar-refractivity contribution < 1.29 is 44.8 Å². The maximum Gasteiger partial charge on any atom is 0.523 e. The number of halogens is 3. The van der Waals surface area contributed by atoms with E-state index in [1.165, 1.54) is 0 Å². The quantitative estimate of drug-likeness (QED) is 0.111. The third kappa shape index (κ3) is 6.93. The van der Waals surface area contributed by atoms with Gasteiger partial charge in [0.25, 0.3) is 0 Å². The molecule has 4 atom stereocenters. The minimum Gasteiger partial charge on any atom is -0.457 e. The first kappa shape index (κ1) is 26.4. The zero-order chi connectivity index (χ0) is 25.5. The molecule has 1 saturated heterocycles. The van der Waals surface area contributed by atoms with Crippen LogP contribution in [0.2, 0.25) is 0 Å². The van der Waals surface area contributed by atoms with E-state index in [4.69, 9.17) is 19.7 Å². The standard InChI is InChI=1S/C21H20F3N3O7S/c22-21(23,24)35(29,30)34-19-18(32-12-15-9-5-2-6-10-15)17(33-20(19)28)16(26-27-25)13-31-11-14-7-3-1-4-8-14/h1-10,16-19H,11-13H2/t16-,17-,18-,19-/m1/s1. The molecule has 2 aromatic rings. The van der Waals surface area contributed by atoms with E-state index in [1.54, 1.807) is 60.7 Å². The van der Waals surface area contributed by atoms with Crippen LogP contribution in [0.1, 0.15) is 11.1 Å². The lowest BCUT2D eigenvalue weighted by Crippen LogP contribution is -2.44. The number of benzene rings is 2. The number of rotatable bonds is 11. The van der Waals surface area contributed by atoms with Crippen LogP contribution >= 0.6 is 0 Å². The van der Waals surface area contributed by atoms with Crippen molar-refractivity contribution >= 4 is 16.1 Å². The Labute approximate surface area is 198 Å². The number of ether oxygens (including phenoxy) is 3. The van der Waals surface area contributed by atoms with E-state index >= 15 is 0 Å². The largest absolute Gasteiger partial charge is 0.523 e. The molecule has 1 heterocycles. The number of azide groups is 1. The normalized spacial score (nSPS) is 21.2. The lowest BCUT2D eigenvalue weighted by atomic mass is 10.0. The first-order valence-corrected chi connectivity index (χ1v) is 11.5. The number of carbonyl (C=O) groups is 1. The SMILES string of the molecule is [N-]=[N+]=N[C@H](COCc1ccccc1)[C@H]1OC(=O)[C@H](OS(=O)(=O)C(F)(F)F)[C@@H]1OCc1ccccc1. The third-order valence-corrected chi connectivity index (χ3v) is 5.91. The van der Waals surface area contributed by atoms with Crippen LogP contribution in [0, 0.1) is 0 Å². The molecule has 0 radical (unpaired) electrons. The number of carbonyl (C=O) groups excluding carboxylic acids is 1. The van der Waals surface area contributed by atoms with Crippen molar-refractivity contribution in [3.8, 4) is 0 Å². The van der Waals surface area contributed by atoms with Gasteiger partial charge in [0, 0.05) is 4.91 Å². The fourth-order valence-corrected chi connectivity index (χ4v) is 3.81. The van der Waals surface area contributed by atoms with E-state index in [2.05, 4.69) is 14.2 Å². The van der Waals surface area contributed by atoms with Crippen molar-refractivity contribution in [2.45, 2.75) is 43.1 Å². The number of alkyl halides is 3. The van der Waals surface area contributed by atoms with Crippen LogP contribution in [0.25, 0.3) is 10.4 Å². The molecule has 1 aliphatic rings. The molecule has 10 nitrogen and oxygen atoms in total. The summed E-state index contributed by atoms with van der Waals surface area (Å²) in [5, 5.41) is 3.53. The van der Waals surface area contributed by atoms with Crippen molar-refractivity contribution in [1.29, 1.82) is 0 Å². The average Bonchev–Trinajstić information content (AvgIpc) is 3.12. The number of hydrogen-bond donors (Lipinski definition) is 0. The molecular formula is C21H20F3N3O7S. The molecular weight excluding hydrogens is 495 g/mol. The van der Waals surface area contributed by atoms with Gasteiger partial charge in [0.1, 0.15) is 18.2 Å². The fourth-order valence-electron chi connectivity index (χ4n) is 3.24. The molecule has 0 saturated carbocycles. The summed E-state index contributed by atoms with van der Waals surface area (Å²) in [4.78, 5) is 15.1. The summed E-state index contributed by atoms with van der Waals surface area (Å²) < 4.78 is 82.3. The molecule has 3 rings (SSSR count). The molecule has 0 spiro atoms. The molecule has 1 aliphatic heterocycles. The maximum absolute atomic E-state index is 12.9. The number of hydrogen-bond acceptors (Lipinski definition) is 8. The van der Waals surface area contributed by atoms with Crippen LogP contribution in [0.5, 0.6) is 0 Å². The predicted molar refractivity (Wildman–Crippen MR) is 114 cm³/mol. The molecule has 188 valence electrons. The molecule has 14 heteroatoms. The Bertz CT molecular complexity index is 1140. The molecule has 0 amide bonds. The number of nitrogens with zero attached hydrogens (tertiary/aromatic N) is 3. The Kier molecular flexibility index (Phi) is 8.70. The molecule has 0 bridgehead atoms. The van der Waals surface area contributed by atoms with Gasteiger partial charge in [-0.25, -0.2) is 8.98 Å². The second-order valence-electron chi connectivity index (χ2n) is 7.35. The summed E-state index contributed by atoms with van der Waals surface area (Å²) in [5.74, 6) is -1.41. The highest BCUT2D eigenvalue weighted by Crippen LogP contribution is 2.33. The smallest absolute Gasteiger partial charge is 0.457 e. The van der Waals surface area contributed by atoms with Crippen LogP contribution in [0.3, 0.4) is 0 Å². The molecule has 35 heavy (non-hydrogen) atoms. The van der Waals surface area contributed by atoms with E-state index in [9.17, 15) is 26.4 Å². The van der Waals surface area contributed by atoms with Crippen LogP contribution in [-0.2, 0) is 46.5 Å². The fraction of sp³-hybridized carbons (Fsp3) is 0.381. The van der Waals surface area contributed by atoms with Gasteiger partial charge in [0.05, 0.1) is 19.8 Å². The summed E-state index contributed by atoms with van der Waals surface area (Å²) in [5.41, 5.74) is 4.55. The van der Waals surface area contributed by atoms with Crippen LogP contribution < -0.4 is 0 Å². The van der Waals surface area contributed by atoms with Gasteiger partial charge in [0.2, 0.25) is 6.10 Å². The van der Waals surface area contributed by atoms with Crippen LogP contribution in [0.4, 0.5) is 13.2 Å². The zero-order valence-electron chi connectivity index (χ0n) is 17.9. The van der Waals surface area contributed by atoms with Crippen molar-refractivity contribution in [2.24, 2.45) is 5.11 Å². The first-order valence-electron chi connectivity index (χ1n) is 10.1. The van der Waals surface area contributed by atoms with Gasteiger partial charge in [-0.2, -0.15) is 21.6 Å². The van der Waals surface area contributed by atoms with E-state index in [-0.39, 0.29) is 19.8 Å². The number of esters is 1. The first-order chi connectivity index (χ1) is 16.6. The predicted octanol–water partition coefficient (Wildman–Crippen LogP) is 3.63. The van der Waals surface area contributed by atoms with Crippen LogP contribution in [0.15, 0.2) is 65.8 Å². The van der Waals surface area contributed by atoms with E-state index < -0.39 is 45.9 Å². The highest BCUT2D eigenvalue weighted by atomic mass is 32.2. The average molecular weight is 515 g/mol. The Balaban J connectivity index is 1.82. The van der Waals surface area contributed by atoms with Gasteiger partial charge in [-0.05, 0) is 16.7 Å². The molecule has 0 N–H and O–H groups in total. The molecule has 2 aromatic carbocycles. The van der Waals surface area contributed by atoms with Crippen molar-refractivity contribution in [1.82, 2.24) is 0 Å². The maximum atomic E-state index is 12.9. The zero-order valence-corrected chi connectivity index (χ0v) is 18.8. The molecule has 1 fully saturated rings. The van der Waals surface area contributed by atoms with Crippen LogP contribution in [-0.4, -0.2) is 50.9 Å². The van der Waals surface area contributed by atoms with Crippen molar-refractivity contribution in [3.05, 3.63) is 82.2 Å². The Morgan fingerprint density at radius 2 is 1.60 bits per heavy atom. The summed E-state index contributed by atoms with van der Waals surface area (Å²) in [7, 11) is -6.16. The van der Waals surface area contributed by atoms with Crippen molar-refractivity contribution in [3.63, 3.8) is 0 Å².